The summed E-state index contributed by atoms with van der Waals surface area (Å²) in [5.41, 5.74) is 2.08. The van der Waals surface area contributed by atoms with Gasteiger partial charge in [-0.3, -0.25) is 9.59 Å². The summed E-state index contributed by atoms with van der Waals surface area (Å²) in [5, 5.41) is 0. The molecule has 0 spiro atoms. The Kier molecular flexibility index (Phi) is 9.76. The second-order valence-electron chi connectivity index (χ2n) is 10.1. The normalized spacial score (nSPS) is 15.8. The molecular weight excluding hydrogens is 460 g/mol. The van der Waals surface area contributed by atoms with E-state index < -0.39 is 12.1 Å². The van der Waals surface area contributed by atoms with Gasteiger partial charge >= 0.3 is 11.9 Å². The van der Waals surface area contributed by atoms with Crippen LogP contribution in [-0.2, 0) is 29.2 Å². The second kappa shape index (κ2) is 12.8. The zero-order chi connectivity index (χ0) is 26.1. The van der Waals surface area contributed by atoms with E-state index in [1.807, 2.05) is 50.2 Å². The van der Waals surface area contributed by atoms with Crippen LogP contribution >= 0.6 is 0 Å². The molecule has 1 saturated heterocycles. The summed E-state index contributed by atoms with van der Waals surface area (Å²) in [7, 11) is 0. The summed E-state index contributed by atoms with van der Waals surface area (Å²) in [6.07, 6.45) is 0.621. The molecule has 1 aliphatic rings. The summed E-state index contributed by atoms with van der Waals surface area (Å²) < 4.78 is 27.4. The van der Waals surface area contributed by atoms with E-state index in [1.165, 1.54) is 12.5 Å². The third kappa shape index (κ3) is 8.86. The quantitative estimate of drug-likeness (QED) is 0.265. The Hall–Kier alpha value is -3.06. The Balaban J connectivity index is 1.56. The minimum absolute atomic E-state index is 0.0404. The molecule has 7 heteroatoms. The van der Waals surface area contributed by atoms with Crippen molar-refractivity contribution >= 4 is 11.9 Å². The monoisotopic (exact) mass is 498 g/mol. The molecule has 0 aromatic heterocycles. The fraction of sp³-hybridized carbons (Fsp3) is 0.517. The number of hydrogen-bond acceptors (Lipinski definition) is 7. The smallest absolute Gasteiger partial charge is 0.306 e. The van der Waals surface area contributed by atoms with Crippen LogP contribution in [0.4, 0.5) is 0 Å². The Morgan fingerprint density at radius 2 is 1.50 bits per heavy atom. The summed E-state index contributed by atoms with van der Waals surface area (Å²) in [6, 6.07) is 16.0. The Bertz CT molecular complexity index is 976. The number of carbonyl (C=O) groups excluding carboxylic acids is 2. The molecule has 2 atom stereocenters. The van der Waals surface area contributed by atoms with Gasteiger partial charge in [0.2, 0.25) is 0 Å². The topological polar surface area (TPSA) is 83.6 Å². The first-order chi connectivity index (χ1) is 17.1. The van der Waals surface area contributed by atoms with Crippen LogP contribution in [0.3, 0.4) is 0 Å². The van der Waals surface area contributed by atoms with Crippen molar-refractivity contribution in [2.24, 2.45) is 5.92 Å². The molecule has 0 amide bonds. The van der Waals surface area contributed by atoms with E-state index in [4.69, 9.17) is 23.7 Å². The number of carbonyl (C=O) groups is 2. The summed E-state index contributed by atoms with van der Waals surface area (Å²) in [4.78, 5) is 23.4. The van der Waals surface area contributed by atoms with Gasteiger partial charge < -0.3 is 23.7 Å². The predicted molar refractivity (Wildman–Crippen MR) is 136 cm³/mol. The Labute approximate surface area is 214 Å². The minimum atomic E-state index is -0.670. The maximum Gasteiger partial charge on any atom is 0.306 e. The van der Waals surface area contributed by atoms with Gasteiger partial charge in [0.15, 0.2) is 6.10 Å². The van der Waals surface area contributed by atoms with Crippen molar-refractivity contribution in [3.05, 3.63) is 59.7 Å². The molecule has 36 heavy (non-hydrogen) atoms. The van der Waals surface area contributed by atoms with E-state index in [-0.39, 0.29) is 30.7 Å². The van der Waals surface area contributed by atoms with E-state index in [9.17, 15) is 9.59 Å². The minimum Gasteiger partial charge on any atom is -0.491 e. The maximum atomic E-state index is 12.2. The predicted octanol–water partition coefficient (Wildman–Crippen LogP) is 5.08. The molecule has 0 saturated carbocycles. The largest absolute Gasteiger partial charge is 0.491 e. The van der Waals surface area contributed by atoms with Crippen LogP contribution in [0.5, 0.6) is 11.5 Å². The molecule has 1 heterocycles. The standard InChI is InChI=1S/C29H38O7/c1-20(2)6-15-28(31)36-27(18-32-21(3)30)19-34-25-13-9-23(10-14-25)29(4,5)22-7-11-24(12-8-22)33-16-26-17-35-26/h7-14,20,26-27H,6,15-19H2,1-5H3. The molecule has 0 aliphatic carbocycles. The average molecular weight is 499 g/mol. The van der Waals surface area contributed by atoms with E-state index >= 15 is 0 Å². The molecule has 1 aliphatic heterocycles. The molecule has 2 aromatic rings. The highest BCUT2D eigenvalue weighted by Gasteiger charge is 2.25. The number of esters is 2. The average Bonchev–Trinajstić information content (AvgIpc) is 3.68. The van der Waals surface area contributed by atoms with Gasteiger partial charge in [0.1, 0.15) is 37.4 Å². The van der Waals surface area contributed by atoms with Crippen molar-refractivity contribution in [1.29, 1.82) is 0 Å². The van der Waals surface area contributed by atoms with Gasteiger partial charge in [-0.1, -0.05) is 52.0 Å². The fourth-order valence-corrected chi connectivity index (χ4v) is 3.62. The molecule has 7 nitrogen and oxygen atoms in total. The number of hydrogen-bond donors (Lipinski definition) is 0. The first kappa shape index (κ1) is 27.5. The number of benzene rings is 2. The zero-order valence-corrected chi connectivity index (χ0v) is 22.0. The molecule has 3 rings (SSSR count). The van der Waals surface area contributed by atoms with E-state index in [0.29, 0.717) is 24.7 Å². The third-order valence-electron chi connectivity index (χ3n) is 6.12. The van der Waals surface area contributed by atoms with Crippen LogP contribution in [0.15, 0.2) is 48.5 Å². The molecule has 0 N–H and O–H groups in total. The first-order valence-corrected chi connectivity index (χ1v) is 12.5. The van der Waals surface area contributed by atoms with E-state index in [0.717, 1.165) is 24.3 Å². The Morgan fingerprint density at radius 1 is 0.944 bits per heavy atom. The lowest BCUT2D eigenvalue weighted by Gasteiger charge is -2.26. The van der Waals surface area contributed by atoms with Crippen LogP contribution in [0.2, 0.25) is 0 Å². The maximum absolute atomic E-state index is 12.2. The molecule has 0 radical (unpaired) electrons. The molecule has 196 valence electrons. The van der Waals surface area contributed by atoms with Gasteiger partial charge in [0, 0.05) is 18.8 Å². The van der Waals surface area contributed by atoms with Crippen LogP contribution < -0.4 is 9.47 Å². The summed E-state index contributed by atoms with van der Waals surface area (Å²) in [6.45, 7) is 11.2. The van der Waals surface area contributed by atoms with Crippen molar-refractivity contribution < 1.29 is 33.3 Å². The van der Waals surface area contributed by atoms with Gasteiger partial charge in [-0.05, 0) is 47.7 Å². The van der Waals surface area contributed by atoms with Crippen LogP contribution in [-0.4, -0.2) is 50.6 Å². The van der Waals surface area contributed by atoms with E-state index in [2.05, 4.69) is 26.0 Å². The van der Waals surface area contributed by atoms with Gasteiger partial charge in [-0.25, -0.2) is 0 Å². The first-order valence-electron chi connectivity index (χ1n) is 12.5. The highest BCUT2D eigenvalue weighted by Crippen LogP contribution is 2.33. The van der Waals surface area contributed by atoms with Crippen molar-refractivity contribution in [2.45, 2.75) is 65.1 Å². The highest BCUT2D eigenvalue weighted by atomic mass is 16.6. The third-order valence-corrected chi connectivity index (χ3v) is 6.12. The van der Waals surface area contributed by atoms with Gasteiger partial charge in [-0.15, -0.1) is 0 Å². The highest BCUT2D eigenvalue weighted by molar-refractivity contribution is 5.69. The number of ether oxygens (including phenoxy) is 5. The van der Waals surface area contributed by atoms with Gasteiger partial charge in [0.25, 0.3) is 0 Å². The van der Waals surface area contributed by atoms with Crippen molar-refractivity contribution in [1.82, 2.24) is 0 Å². The second-order valence-corrected chi connectivity index (χ2v) is 10.1. The van der Waals surface area contributed by atoms with Crippen molar-refractivity contribution in [3.63, 3.8) is 0 Å². The van der Waals surface area contributed by atoms with Crippen LogP contribution in [0, 0.1) is 5.92 Å². The molecule has 0 bridgehead atoms. The summed E-state index contributed by atoms with van der Waals surface area (Å²) >= 11 is 0. The lowest BCUT2D eigenvalue weighted by molar-refractivity contribution is -0.160. The van der Waals surface area contributed by atoms with Crippen LogP contribution in [0.25, 0.3) is 0 Å². The number of rotatable bonds is 14. The SMILES string of the molecule is CC(=O)OCC(COc1ccc(C(C)(C)c2ccc(OCC3CO3)cc2)cc1)OC(=O)CCC(C)C. The lowest BCUT2D eigenvalue weighted by Crippen LogP contribution is -2.30. The number of epoxide rings is 1. The zero-order valence-electron chi connectivity index (χ0n) is 22.0. The molecule has 2 aromatic carbocycles. The van der Waals surface area contributed by atoms with E-state index in [1.54, 1.807) is 0 Å². The summed E-state index contributed by atoms with van der Waals surface area (Å²) in [5.74, 6) is 1.13. The van der Waals surface area contributed by atoms with Crippen LogP contribution in [0.1, 0.15) is 58.6 Å². The van der Waals surface area contributed by atoms with Gasteiger partial charge in [-0.2, -0.15) is 0 Å². The molecular formula is C29H38O7. The lowest BCUT2D eigenvalue weighted by atomic mass is 9.78. The fourth-order valence-electron chi connectivity index (χ4n) is 3.62. The van der Waals surface area contributed by atoms with Gasteiger partial charge in [0.05, 0.1) is 6.61 Å². The molecule has 1 fully saturated rings. The Morgan fingerprint density at radius 3 is 2.00 bits per heavy atom. The van der Waals surface area contributed by atoms with Crippen molar-refractivity contribution in [2.75, 3.05) is 26.4 Å². The van der Waals surface area contributed by atoms with Crippen molar-refractivity contribution in [3.8, 4) is 11.5 Å². The molecule has 2 unspecified atom stereocenters.